The zero-order valence-electron chi connectivity index (χ0n) is 11.7. The molecule has 0 spiro atoms. The molecule has 0 aliphatic carbocycles. The summed E-state index contributed by atoms with van der Waals surface area (Å²) in [6, 6.07) is 7.88. The number of nitrogens with one attached hydrogen (secondary N) is 1. The average Bonchev–Trinajstić information content (AvgIpc) is 3.02. The van der Waals surface area contributed by atoms with Crippen LogP contribution in [-0.2, 0) is 6.54 Å². The molecular weight excluding hydrogens is 272 g/mol. The fourth-order valence-electron chi connectivity index (χ4n) is 2.52. The number of aromatic nitrogens is 2. The Morgan fingerprint density at radius 1 is 1.25 bits per heavy atom. The van der Waals surface area contributed by atoms with Gasteiger partial charge in [-0.15, -0.1) is 0 Å². The van der Waals surface area contributed by atoms with Gasteiger partial charge in [0.15, 0.2) is 0 Å². The number of aryl methyl sites for hydroxylation is 1. The van der Waals surface area contributed by atoms with Gasteiger partial charge in [-0.1, -0.05) is 23.7 Å². The fraction of sp³-hybridized carbons (Fsp3) is 0.333. The molecule has 0 amide bonds. The van der Waals surface area contributed by atoms with Crippen molar-refractivity contribution in [1.82, 2.24) is 15.1 Å². The minimum absolute atomic E-state index is 0.747. The zero-order valence-corrected chi connectivity index (χ0v) is 12.4. The minimum Gasteiger partial charge on any atom is -0.368 e. The van der Waals surface area contributed by atoms with Gasteiger partial charge >= 0.3 is 0 Å². The third-order valence-electron chi connectivity index (χ3n) is 3.54. The molecule has 5 heteroatoms. The SMILES string of the molecule is Cc1nn(Cc2ccc(Cl)cc2)c(C)c1C1=NCCN1. The lowest BCUT2D eigenvalue weighted by atomic mass is 10.1. The molecule has 1 aliphatic rings. The number of nitrogens with zero attached hydrogens (tertiary/aromatic N) is 3. The molecule has 0 saturated carbocycles. The van der Waals surface area contributed by atoms with Crippen LogP contribution in [0.1, 0.15) is 22.5 Å². The maximum absolute atomic E-state index is 5.91. The molecule has 20 heavy (non-hydrogen) atoms. The molecule has 1 N–H and O–H groups in total. The normalized spacial score (nSPS) is 14.2. The van der Waals surface area contributed by atoms with Gasteiger partial charge in [-0.25, -0.2) is 0 Å². The Bertz CT molecular complexity index is 655. The Morgan fingerprint density at radius 2 is 2.00 bits per heavy atom. The van der Waals surface area contributed by atoms with Gasteiger partial charge in [-0.05, 0) is 31.5 Å². The molecule has 2 heterocycles. The van der Waals surface area contributed by atoms with E-state index in [0.717, 1.165) is 47.4 Å². The number of rotatable bonds is 3. The van der Waals surface area contributed by atoms with Crippen LogP contribution in [0.15, 0.2) is 29.3 Å². The summed E-state index contributed by atoms with van der Waals surface area (Å²) in [5.74, 6) is 0.974. The molecule has 4 nitrogen and oxygen atoms in total. The van der Waals surface area contributed by atoms with Crippen molar-refractivity contribution in [2.24, 2.45) is 4.99 Å². The maximum atomic E-state index is 5.91. The highest BCUT2D eigenvalue weighted by Gasteiger charge is 2.18. The highest BCUT2D eigenvalue weighted by Crippen LogP contribution is 2.17. The van der Waals surface area contributed by atoms with E-state index in [9.17, 15) is 0 Å². The number of hydrogen-bond acceptors (Lipinski definition) is 3. The molecule has 0 atom stereocenters. The summed E-state index contributed by atoms with van der Waals surface area (Å²) in [5, 5.41) is 8.71. The predicted octanol–water partition coefficient (Wildman–Crippen LogP) is 2.55. The number of aliphatic imine (C=N–C) groups is 1. The molecule has 1 aliphatic heterocycles. The van der Waals surface area contributed by atoms with E-state index in [1.54, 1.807) is 0 Å². The standard InChI is InChI=1S/C15H17ClN4/c1-10-14(15-17-7-8-18-15)11(2)20(19-10)9-12-3-5-13(16)6-4-12/h3-6H,7-9H2,1-2H3,(H,17,18). The van der Waals surface area contributed by atoms with Crippen LogP contribution in [0.5, 0.6) is 0 Å². The summed E-state index contributed by atoms with van der Waals surface area (Å²) in [5.41, 5.74) is 4.49. The molecule has 104 valence electrons. The molecule has 0 unspecified atom stereocenters. The zero-order chi connectivity index (χ0) is 14.1. The van der Waals surface area contributed by atoms with Crippen molar-refractivity contribution in [2.75, 3.05) is 13.1 Å². The Labute approximate surface area is 123 Å². The third kappa shape index (κ3) is 2.43. The van der Waals surface area contributed by atoms with E-state index >= 15 is 0 Å². The summed E-state index contributed by atoms with van der Waals surface area (Å²) in [6.45, 7) is 6.63. The van der Waals surface area contributed by atoms with Crippen molar-refractivity contribution in [2.45, 2.75) is 20.4 Å². The Morgan fingerprint density at radius 3 is 2.65 bits per heavy atom. The quantitative estimate of drug-likeness (QED) is 0.943. The molecule has 1 aromatic heterocycles. The Kier molecular flexibility index (Phi) is 3.49. The van der Waals surface area contributed by atoms with Crippen LogP contribution < -0.4 is 5.32 Å². The second-order valence-corrected chi connectivity index (χ2v) is 5.42. The molecule has 0 radical (unpaired) electrons. The first kappa shape index (κ1) is 13.2. The third-order valence-corrected chi connectivity index (χ3v) is 3.79. The largest absolute Gasteiger partial charge is 0.368 e. The van der Waals surface area contributed by atoms with E-state index in [-0.39, 0.29) is 0 Å². The van der Waals surface area contributed by atoms with E-state index in [2.05, 4.69) is 22.3 Å². The van der Waals surface area contributed by atoms with Gasteiger partial charge in [0.25, 0.3) is 0 Å². The smallest absolute Gasteiger partial charge is 0.132 e. The van der Waals surface area contributed by atoms with E-state index in [1.807, 2.05) is 35.9 Å². The number of benzene rings is 1. The maximum Gasteiger partial charge on any atom is 0.132 e. The summed E-state index contributed by atoms with van der Waals surface area (Å²) in [7, 11) is 0. The first-order chi connectivity index (χ1) is 9.65. The summed E-state index contributed by atoms with van der Waals surface area (Å²) < 4.78 is 2.02. The molecule has 1 aromatic carbocycles. The van der Waals surface area contributed by atoms with Gasteiger partial charge in [0.1, 0.15) is 5.84 Å². The van der Waals surface area contributed by atoms with Gasteiger partial charge in [0.05, 0.1) is 24.3 Å². The molecular formula is C15H17ClN4. The lowest BCUT2D eigenvalue weighted by Gasteiger charge is -2.06. The monoisotopic (exact) mass is 288 g/mol. The van der Waals surface area contributed by atoms with Crippen molar-refractivity contribution >= 4 is 17.4 Å². The molecule has 0 saturated heterocycles. The van der Waals surface area contributed by atoms with E-state index < -0.39 is 0 Å². The van der Waals surface area contributed by atoms with Gasteiger partial charge < -0.3 is 5.32 Å². The van der Waals surface area contributed by atoms with Crippen molar-refractivity contribution in [3.05, 3.63) is 51.8 Å². The molecule has 2 aromatic rings. The lowest BCUT2D eigenvalue weighted by molar-refractivity contribution is 0.659. The van der Waals surface area contributed by atoms with Crippen molar-refractivity contribution in [1.29, 1.82) is 0 Å². The highest BCUT2D eigenvalue weighted by atomic mass is 35.5. The summed E-state index contributed by atoms with van der Waals surface area (Å²) in [6.07, 6.45) is 0. The van der Waals surface area contributed by atoms with Gasteiger partial charge in [-0.3, -0.25) is 9.67 Å². The average molecular weight is 289 g/mol. The topological polar surface area (TPSA) is 42.2 Å². The van der Waals surface area contributed by atoms with E-state index in [4.69, 9.17) is 11.6 Å². The number of halogens is 1. The van der Waals surface area contributed by atoms with Crippen molar-refractivity contribution in [3.63, 3.8) is 0 Å². The summed E-state index contributed by atoms with van der Waals surface area (Å²) in [4.78, 5) is 4.49. The first-order valence-corrected chi connectivity index (χ1v) is 7.10. The first-order valence-electron chi connectivity index (χ1n) is 6.72. The Balaban J connectivity index is 1.91. The van der Waals surface area contributed by atoms with E-state index in [1.165, 1.54) is 5.56 Å². The van der Waals surface area contributed by atoms with Gasteiger partial charge in [0.2, 0.25) is 0 Å². The van der Waals surface area contributed by atoms with Crippen LogP contribution in [0.25, 0.3) is 0 Å². The molecule has 0 fully saturated rings. The second kappa shape index (κ2) is 5.29. The van der Waals surface area contributed by atoms with Crippen LogP contribution in [0.4, 0.5) is 0 Å². The van der Waals surface area contributed by atoms with Crippen molar-refractivity contribution in [3.8, 4) is 0 Å². The minimum atomic E-state index is 0.747. The van der Waals surface area contributed by atoms with Gasteiger partial charge in [-0.2, -0.15) is 5.10 Å². The molecule has 3 rings (SSSR count). The number of amidine groups is 1. The molecule has 0 bridgehead atoms. The van der Waals surface area contributed by atoms with E-state index in [0.29, 0.717) is 0 Å². The lowest BCUT2D eigenvalue weighted by Crippen LogP contribution is -2.21. The number of hydrogen-bond donors (Lipinski definition) is 1. The van der Waals surface area contributed by atoms with Crippen LogP contribution in [-0.4, -0.2) is 28.7 Å². The summed E-state index contributed by atoms with van der Waals surface area (Å²) >= 11 is 5.91. The fourth-order valence-corrected chi connectivity index (χ4v) is 2.65. The van der Waals surface area contributed by atoms with Crippen LogP contribution in [0, 0.1) is 13.8 Å². The van der Waals surface area contributed by atoms with Crippen LogP contribution in [0.2, 0.25) is 5.02 Å². The van der Waals surface area contributed by atoms with Crippen molar-refractivity contribution < 1.29 is 0 Å². The van der Waals surface area contributed by atoms with Crippen LogP contribution >= 0.6 is 11.6 Å². The van der Waals surface area contributed by atoms with Crippen LogP contribution in [0.3, 0.4) is 0 Å². The Hall–Kier alpha value is -1.81. The predicted molar refractivity (Wildman–Crippen MR) is 81.7 cm³/mol. The van der Waals surface area contributed by atoms with Gasteiger partial charge in [0, 0.05) is 17.3 Å². The highest BCUT2D eigenvalue weighted by molar-refractivity contribution is 6.30. The second-order valence-electron chi connectivity index (χ2n) is 4.99.